The number of para-hydroxylation sites is 2. The number of hydrogen-bond donors (Lipinski definition) is 5. The van der Waals surface area contributed by atoms with Gasteiger partial charge in [0.15, 0.2) is 6.29 Å². The van der Waals surface area contributed by atoms with E-state index in [1.54, 1.807) is 30.3 Å². The number of benzene rings is 11. The van der Waals surface area contributed by atoms with Crippen LogP contribution in [0.5, 0.6) is 40.2 Å². The van der Waals surface area contributed by atoms with E-state index in [0.29, 0.717) is 94.1 Å². The quantitative estimate of drug-likeness (QED) is 0.0130. The molecule has 6 atom stereocenters. The minimum Gasteiger partial charge on any atom is -0.508 e. The molecule has 11 aromatic carbocycles. The van der Waals surface area contributed by atoms with Gasteiger partial charge in [-0.15, -0.1) is 11.6 Å². The number of rotatable bonds is 14. The van der Waals surface area contributed by atoms with Crippen LogP contribution in [0.25, 0.3) is 12.2 Å². The minimum absolute atomic E-state index is 0. The molecule has 28 heteroatoms. The van der Waals surface area contributed by atoms with Crippen molar-refractivity contribution in [3.63, 3.8) is 0 Å². The fraction of sp³-hybridized carbons (Fsp3) is 0.240. The number of carboxylic acids is 2. The number of aromatic hydroxyl groups is 3. The fourth-order valence-electron chi connectivity index (χ4n) is 14.5. The first-order chi connectivity index (χ1) is 58.0. The summed E-state index contributed by atoms with van der Waals surface area (Å²) in [6.45, 7) is 10.6. The molecule has 16 rings (SSSR count). The molecular weight excluding hydrogens is 2170 g/mol. The molecule has 3 saturated heterocycles. The van der Waals surface area contributed by atoms with Crippen molar-refractivity contribution < 1.29 is 64.4 Å². The van der Waals surface area contributed by atoms with Crippen molar-refractivity contribution in [2.24, 2.45) is 0 Å². The molecule has 3 radical (unpaired) electrons. The third-order valence-electron chi connectivity index (χ3n) is 19.9. The fourth-order valence-corrected chi connectivity index (χ4v) is 20.4. The number of carbonyl (C=O) groups excluding carboxylic acids is 1. The van der Waals surface area contributed by atoms with Crippen LogP contribution in [0.15, 0.2) is 249 Å². The Hall–Kier alpha value is -6.74. The van der Waals surface area contributed by atoms with Gasteiger partial charge in [-0.05, 0) is 286 Å². The first kappa shape index (κ1) is 106. The van der Waals surface area contributed by atoms with Gasteiger partial charge >= 0.3 is 19.5 Å². The molecule has 655 valence electrons. The molecule has 3 fully saturated rings. The SMILES string of the molecule is C.C.CCOP(=O)(Cc1ccccc1I)OCC.CN1C[C@@H]2c3ccccc3Oc3ccc(Cl)cc3[C@H]2C1.CN1C[C@@H]2c3ccccc3Oc3ccc(Cl)cc3[C@H]2C1.CN1C[C@H](c2cc(Cl)ccc2O)[C@@H](c2ccccc2I)C1.ClCc1ccccc1I.O=C(O)/C=C\C(=O)O.O=Cc1cc(Cl)ccc1O.Oc1ccc(Cl)cc1/C=C/c1ccccc1I.[2HH].[B]. The van der Waals surface area contributed by atoms with E-state index in [2.05, 4.69) is 205 Å². The Morgan fingerprint density at radius 3 is 1.15 bits per heavy atom. The molecule has 0 spiro atoms. The van der Waals surface area contributed by atoms with Crippen molar-refractivity contribution >= 4 is 206 Å². The van der Waals surface area contributed by atoms with Gasteiger partial charge in [0.1, 0.15) is 40.2 Å². The van der Waals surface area contributed by atoms with Crippen LogP contribution in [0.3, 0.4) is 0 Å². The molecule has 11 aromatic rings. The number of hydrogen-bond acceptors (Lipinski definition) is 14. The highest BCUT2D eigenvalue weighted by Crippen LogP contribution is 2.54. The second kappa shape index (κ2) is 52.7. The Kier molecular flexibility index (Phi) is 45.0. The number of aldehydes is 1. The maximum atomic E-state index is 12.3. The zero-order valence-corrected chi connectivity index (χ0v) is 81.1. The third-order valence-corrected chi connectivity index (χ3v) is 27.5. The summed E-state index contributed by atoms with van der Waals surface area (Å²) >= 11 is 44.7. The molecule has 0 aliphatic carbocycles. The van der Waals surface area contributed by atoms with Crippen LogP contribution >= 0.6 is 168 Å². The first-order valence-electron chi connectivity index (χ1n) is 38.3. The summed E-state index contributed by atoms with van der Waals surface area (Å²) in [6, 6.07) is 75.8. The second-order valence-corrected chi connectivity index (χ2v) is 37.6. The van der Waals surface area contributed by atoms with E-state index in [1.807, 2.05) is 135 Å². The van der Waals surface area contributed by atoms with Gasteiger partial charge in [-0.3, -0.25) is 9.36 Å². The first-order valence-corrected chi connectivity index (χ1v) is 46.8. The topological polar surface area (TPSA) is 216 Å². The number of phenols is 3. The summed E-state index contributed by atoms with van der Waals surface area (Å²) in [6.07, 6.45) is 5.84. The van der Waals surface area contributed by atoms with Gasteiger partial charge in [-0.25, -0.2) is 9.59 Å². The number of aliphatic carboxylic acids is 2. The summed E-state index contributed by atoms with van der Waals surface area (Å²) < 4.78 is 39.9. The molecule has 0 bridgehead atoms. The lowest BCUT2D eigenvalue weighted by Gasteiger charge is -2.21. The molecule has 16 nitrogen and oxygen atoms in total. The van der Waals surface area contributed by atoms with E-state index in [9.17, 15) is 29.2 Å². The molecular formula is C96H100BCl6I4N3O13P. The molecule has 124 heavy (non-hydrogen) atoms. The Balaban J connectivity index is 0.000000257. The number of fused-ring (bicyclic) bond motifs is 10. The molecule has 0 aromatic heterocycles. The molecule has 0 amide bonds. The summed E-state index contributed by atoms with van der Waals surface area (Å²) in [7, 11) is 3.52. The van der Waals surface area contributed by atoms with Crippen LogP contribution in [0.2, 0.25) is 25.1 Å². The summed E-state index contributed by atoms with van der Waals surface area (Å²) in [5.74, 6) is 5.02. The van der Waals surface area contributed by atoms with Gasteiger partial charge in [0.2, 0.25) is 0 Å². The van der Waals surface area contributed by atoms with Crippen LogP contribution in [-0.4, -0.2) is 140 Å². The number of likely N-dealkylation sites (N-methyl/N-ethyl adjacent to an activating group) is 3. The van der Waals surface area contributed by atoms with Crippen molar-refractivity contribution in [2.45, 2.75) is 76.3 Å². The summed E-state index contributed by atoms with van der Waals surface area (Å²) in [5.41, 5.74) is 11.7. The smallest absolute Gasteiger partial charge is 0.335 e. The van der Waals surface area contributed by atoms with Gasteiger partial charge in [0.25, 0.3) is 0 Å². The number of carboxylic acid groups (broad SMARTS) is 2. The lowest BCUT2D eigenvalue weighted by molar-refractivity contribution is -0.134. The molecule has 5 aliphatic heterocycles. The maximum absolute atomic E-state index is 12.3. The standard InChI is InChI=1S/C17H17ClINO.2C17H16ClNO.C14H10ClIO.C11H16IO3P.C7H6ClI.C7H5ClO2.C4H4O4.2CH4.B.H2/c1-20-9-14(12-4-2-3-5-16(12)19)15(10-20)13-8-11(18)6-7-17(13)21;2*1-19-9-14-12-4-2-3-5-16(12)20-17-7-6-11(18)8-13(17)15(14)10-19;15-12-7-8-14(17)11(9-12)6-5-10-3-1-2-4-13(10)16;1-3-14-16(13,15-4-2)9-10-7-5-6-8-11(10)12;8-5-6-3-1-2-4-7(6)9;8-6-1-2-7(10)5(3-6)4-9;5-3(6)1-2-4(7)8;;;;/h2-8,14-15,21H,9-10H2,1H3;2*2-8,14-15H,9-10H2,1H3;1-9,17H;5-8H,3-4,9H2,1-2H3;1-4H,5H2;1-4,10H;1-2H,(H,5,6)(H,7,8);2*1H4;;1H/b;;;6-5+;;;;2-1-;;;;/t3*14-,15-;;;;;;;;;/m111........./s1/i;;;;;;;;;;;1+1. The lowest BCUT2D eigenvalue weighted by atomic mass is 9.84. The zero-order chi connectivity index (χ0) is 87.5. The highest BCUT2D eigenvalue weighted by molar-refractivity contribution is 14.1. The lowest BCUT2D eigenvalue weighted by Crippen LogP contribution is -2.14. The van der Waals surface area contributed by atoms with Gasteiger partial charge in [0, 0.05) is 164 Å². The Morgan fingerprint density at radius 1 is 0.419 bits per heavy atom. The van der Waals surface area contributed by atoms with E-state index in [0.717, 1.165) is 98.1 Å². The van der Waals surface area contributed by atoms with E-state index in [1.165, 1.54) is 62.3 Å². The molecule has 0 saturated carbocycles. The maximum Gasteiger partial charge on any atom is 0.335 e. The average Bonchev–Trinajstić information content (AvgIpc) is 1.62. The summed E-state index contributed by atoms with van der Waals surface area (Å²) in [4.78, 5) is 36.4. The predicted octanol–water partition coefficient (Wildman–Crippen LogP) is 27.6. The highest BCUT2D eigenvalue weighted by Gasteiger charge is 2.41. The van der Waals surface area contributed by atoms with Crippen LogP contribution in [0, 0.1) is 14.3 Å². The summed E-state index contributed by atoms with van der Waals surface area (Å²) in [5, 5.41) is 47.8. The number of phenolic OH excluding ortho intramolecular Hbond substituents is 3. The van der Waals surface area contributed by atoms with Crippen molar-refractivity contribution in [2.75, 3.05) is 73.6 Å². The Bertz CT molecular complexity index is 5340. The number of ether oxygens (including phenoxy) is 2. The largest absolute Gasteiger partial charge is 0.508 e. The third kappa shape index (κ3) is 31.3. The highest BCUT2D eigenvalue weighted by atomic mass is 127. The van der Waals surface area contributed by atoms with Crippen LogP contribution in [0.1, 0.15) is 132 Å². The normalized spacial score (nSPS) is 16.7. The van der Waals surface area contributed by atoms with Crippen molar-refractivity contribution in [1.29, 1.82) is 0 Å². The van der Waals surface area contributed by atoms with E-state index in [-0.39, 0.29) is 47.7 Å². The van der Waals surface area contributed by atoms with E-state index in [4.69, 9.17) is 103 Å². The number of alkyl halides is 1. The predicted molar refractivity (Wildman–Crippen MR) is 545 cm³/mol. The number of carbonyl (C=O) groups is 3. The Morgan fingerprint density at radius 2 is 0.742 bits per heavy atom. The van der Waals surface area contributed by atoms with Crippen molar-refractivity contribution in [3.8, 4) is 40.2 Å². The molecule has 5 aliphatic rings. The average molecular weight is 2270 g/mol. The van der Waals surface area contributed by atoms with Gasteiger partial charge < -0.3 is 58.8 Å². The number of halogens is 10. The van der Waals surface area contributed by atoms with Gasteiger partial charge in [-0.2, -0.15) is 0 Å². The van der Waals surface area contributed by atoms with Gasteiger partial charge in [0.05, 0.1) is 24.9 Å². The van der Waals surface area contributed by atoms with Crippen LogP contribution in [-0.2, 0) is 35.2 Å². The van der Waals surface area contributed by atoms with E-state index < -0.39 is 19.5 Å². The molecule has 0 unspecified atom stereocenters. The molecule has 5 heterocycles. The second-order valence-electron chi connectivity index (χ2n) is 28.5. The molecule has 5 N–H and O–H groups in total. The monoisotopic (exact) mass is 2260 g/mol. The Labute approximate surface area is 816 Å². The number of nitrogens with zero attached hydrogens (tertiary/aromatic N) is 3. The minimum atomic E-state index is -2.97. The zero-order valence-electron chi connectivity index (χ0n) is 67.1. The van der Waals surface area contributed by atoms with Crippen LogP contribution in [0.4, 0.5) is 0 Å². The van der Waals surface area contributed by atoms with Crippen LogP contribution < -0.4 is 9.47 Å². The van der Waals surface area contributed by atoms with Crippen molar-refractivity contribution in [1.82, 2.24) is 14.7 Å². The van der Waals surface area contributed by atoms with Crippen molar-refractivity contribution in [3.05, 3.63) is 349 Å². The van der Waals surface area contributed by atoms with E-state index >= 15 is 0 Å². The number of likely N-dealkylation sites (tertiary alicyclic amines) is 3. The van der Waals surface area contributed by atoms with Gasteiger partial charge in [-0.1, -0.05) is 194 Å².